The first-order valence-corrected chi connectivity index (χ1v) is 8.51. The van der Waals surface area contributed by atoms with Gasteiger partial charge in [0.05, 0.1) is 17.2 Å². The number of aryl methyl sites for hydroxylation is 1. The van der Waals surface area contributed by atoms with Crippen molar-refractivity contribution in [2.45, 2.75) is 64.5 Å². The molecule has 2 aliphatic rings. The van der Waals surface area contributed by atoms with Crippen LogP contribution < -0.4 is 4.90 Å². The fraction of sp³-hybridized carbons (Fsp3) is 0.800. The number of thiazole rings is 1. The predicted molar refractivity (Wildman–Crippen MR) is 79.7 cm³/mol. The van der Waals surface area contributed by atoms with Crippen LogP contribution in [0.5, 0.6) is 0 Å². The summed E-state index contributed by atoms with van der Waals surface area (Å²) in [6, 6.07) is 0.713. The Balaban J connectivity index is 1.85. The second kappa shape index (κ2) is 5.80. The van der Waals surface area contributed by atoms with Gasteiger partial charge in [-0.05, 0) is 38.0 Å². The summed E-state index contributed by atoms with van der Waals surface area (Å²) in [5.41, 5.74) is 1.10. The monoisotopic (exact) mass is 280 g/mol. The van der Waals surface area contributed by atoms with Gasteiger partial charge < -0.3 is 10.0 Å². The Hall–Kier alpha value is -0.610. The molecule has 2 atom stereocenters. The molecule has 1 aromatic rings. The van der Waals surface area contributed by atoms with Gasteiger partial charge in [-0.1, -0.05) is 31.1 Å². The summed E-state index contributed by atoms with van der Waals surface area (Å²) in [4.78, 5) is 8.42. The van der Waals surface area contributed by atoms with Crippen LogP contribution in [-0.4, -0.2) is 22.7 Å². The van der Waals surface area contributed by atoms with Gasteiger partial charge in [0, 0.05) is 12.6 Å². The maximum atomic E-state index is 9.45. The summed E-state index contributed by atoms with van der Waals surface area (Å²) in [5, 5.41) is 10.6. The van der Waals surface area contributed by atoms with Crippen LogP contribution in [0.3, 0.4) is 0 Å². The molecule has 2 heterocycles. The molecule has 0 bridgehead atoms. The Labute approximate surface area is 119 Å². The van der Waals surface area contributed by atoms with Gasteiger partial charge in [0.15, 0.2) is 5.13 Å². The number of hydrogen-bond acceptors (Lipinski definition) is 4. The topological polar surface area (TPSA) is 36.4 Å². The Kier molecular flexibility index (Phi) is 4.08. The molecule has 1 aliphatic carbocycles. The van der Waals surface area contributed by atoms with E-state index in [-0.39, 0.29) is 6.61 Å². The van der Waals surface area contributed by atoms with Crippen LogP contribution in [0, 0.1) is 5.92 Å². The molecule has 0 amide bonds. The average molecular weight is 280 g/mol. The van der Waals surface area contributed by atoms with Crippen molar-refractivity contribution in [2.24, 2.45) is 5.92 Å². The second-order valence-corrected chi connectivity index (χ2v) is 6.89. The maximum absolute atomic E-state index is 9.45. The zero-order valence-corrected chi connectivity index (χ0v) is 12.6. The van der Waals surface area contributed by atoms with Gasteiger partial charge in [-0.2, -0.15) is 0 Å². The Bertz CT molecular complexity index is 408. The number of anilines is 1. The average Bonchev–Trinajstić information content (AvgIpc) is 2.89. The van der Waals surface area contributed by atoms with E-state index in [1.54, 1.807) is 11.3 Å². The second-order valence-electron chi connectivity index (χ2n) is 5.83. The summed E-state index contributed by atoms with van der Waals surface area (Å²) < 4.78 is 0. The van der Waals surface area contributed by atoms with Crippen LogP contribution in [-0.2, 0) is 13.0 Å². The first kappa shape index (κ1) is 13.4. The van der Waals surface area contributed by atoms with E-state index in [4.69, 9.17) is 4.98 Å². The summed E-state index contributed by atoms with van der Waals surface area (Å²) in [6.07, 6.45) is 9.15. The minimum atomic E-state index is 0.142. The van der Waals surface area contributed by atoms with E-state index in [1.165, 1.54) is 38.5 Å². The first-order chi connectivity index (χ1) is 9.33. The number of hydrogen-bond donors (Lipinski definition) is 1. The Morgan fingerprint density at radius 3 is 2.79 bits per heavy atom. The quantitative estimate of drug-likeness (QED) is 0.922. The van der Waals surface area contributed by atoms with Crippen molar-refractivity contribution in [3.8, 4) is 0 Å². The van der Waals surface area contributed by atoms with Gasteiger partial charge in [-0.3, -0.25) is 0 Å². The van der Waals surface area contributed by atoms with Gasteiger partial charge in [0.25, 0.3) is 0 Å². The number of piperidine rings is 1. The molecule has 3 rings (SSSR count). The number of aliphatic hydroxyl groups excluding tert-OH is 1. The molecule has 1 aromatic heterocycles. The van der Waals surface area contributed by atoms with E-state index >= 15 is 0 Å². The smallest absolute Gasteiger partial charge is 0.186 e. The number of aliphatic hydroxyl groups is 1. The molecule has 3 nitrogen and oxygen atoms in total. The van der Waals surface area contributed by atoms with Crippen molar-refractivity contribution < 1.29 is 5.11 Å². The SMILES string of the molecule is CCc1nc(N2CCC[C@H]3CCCC[C@H]32)sc1CO. The van der Waals surface area contributed by atoms with Crippen LogP contribution in [0.25, 0.3) is 0 Å². The van der Waals surface area contributed by atoms with Gasteiger partial charge >= 0.3 is 0 Å². The lowest BCUT2D eigenvalue weighted by Gasteiger charge is -2.44. The maximum Gasteiger partial charge on any atom is 0.186 e. The van der Waals surface area contributed by atoms with Crippen molar-refractivity contribution in [1.29, 1.82) is 0 Å². The standard InChI is InChI=1S/C15H24N2OS/c1-2-12-14(10-18)19-15(16-12)17-9-5-7-11-6-3-4-8-13(11)17/h11,13,18H,2-10H2,1H3/t11-,13-/m1/s1. The van der Waals surface area contributed by atoms with E-state index in [0.29, 0.717) is 6.04 Å². The summed E-state index contributed by atoms with van der Waals surface area (Å²) in [5.74, 6) is 0.883. The Morgan fingerprint density at radius 2 is 2.05 bits per heavy atom. The fourth-order valence-electron chi connectivity index (χ4n) is 3.75. The highest BCUT2D eigenvalue weighted by atomic mass is 32.1. The van der Waals surface area contributed by atoms with Crippen molar-refractivity contribution in [2.75, 3.05) is 11.4 Å². The molecular formula is C15H24N2OS. The zero-order valence-electron chi connectivity index (χ0n) is 11.8. The third-order valence-electron chi connectivity index (χ3n) is 4.73. The number of rotatable bonds is 3. The number of fused-ring (bicyclic) bond motifs is 1. The molecule has 4 heteroatoms. The third kappa shape index (κ3) is 2.52. The molecule has 106 valence electrons. The van der Waals surface area contributed by atoms with Crippen LogP contribution in [0.1, 0.15) is 56.0 Å². The number of aromatic nitrogens is 1. The van der Waals surface area contributed by atoms with Gasteiger partial charge in [-0.25, -0.2) is 4.98 Å². The molecule has 2 fully saturated rings. The van der Waals surface area contributed by atoms with Gasteiger partial charge in [-0.15, -0.1) is 0 Å². The highest BCUT2D eigenvalue weighted by Crippen LogP contribution is 2.39. The Morgan fingerprint density at radius 1 is 1.26 bits per heavy atom. The lowest BCUT2D eigenvalue weighted by Crippen LogP contribution is -2.46. The third-order valence-corrected chi connectivity index (χ3v) is 5.85. The van der Waals surface area contributed by atoms with Crippen LogP contribution in [0.15, 0.2) is 0 Å². The van der Waals surface area contributed by atoms with E-state index in [2.05, 4.69) is 11.8 Å². The van der Waals surface area contributed by atoms with Crippen LogP contribution >= 0.6 is 11.3 Å². The van der Waals surface area contributed by atoms with Crippen LogP contribution in [0.2, 0.25) is 0 Å². The molecule has 0 aromatic carbocycles. The summed E-state index contributed by atoms with van der Waals surface area (Å²) >= 11 is 1.71. The highest BCUT2D eigenvalue weighted by molar-refractivity contribution is 7.15. The molecule has 0 spiro atoms. The van der Waals surface area contributed by atoms with Gasteiger partial charge in [0.1, 0.15) is 0 Å². The molecule has 19 heavy (non-hydrogen) atoms. The van der Waals surface area contributed by atoms with Gasteiger partial charge in [0.2, 0.25) is 0 Å². The minimum absolute atomic E-state index is 0.142. The fourth-order valence-corrected chi connectivity index (χ4v) is 4.85. The molecule has 0 unspecified atom stereocenters. The normalized spacial score (nSPS) is 27.4. The van der Waals surface area contributed by atoms with Crippen molar-refractivity contribution in [3.63, 3.8) is 0 Å². The first-order valence-electron chi connectivity index (χ1n) is 7.69. The molecule has 0 radical (unpaired) electrons. The largest absolute Gasteiger partial charge is 0.391 e. The molecular weight excluding hydrogens is 256 g/mol. The zero-order chi connectivity index (χ0) is 13.2. The minimum Gasteiger partial charge on any atom is -0.391 e. The summed E-state index contributed by atoms with van der Waals surface area (Å²) in [7, 11) is 0. The predicted octanol–water partition coefficient (Wildman–Crippen LogP) is 3.36. The van der Waals surface area contributed by atoms with E-state index in [1.807, 2.05) is 0 Å². The van der Waals surface area contributed by atoms with Crippen LogP contribution in [0.4, 0.5) is 5.13 Å². The lowest BCUT2D eigenvalue weighted by molar-refractivity contribution is 0.243. The lowest BCUT2D eigenvalue weighted by atomic mass is 9.78. The molecule has 1 N–H and O–H groups in total. The van der Waals surface area contributed by atoms with E-state index in [0.717, 1.165) is 34.6 Å². The molecule has 1 saturated carbocycles. The van der Waals surface area contributed by atoms with E-state index < -0.39 is 0 Å². The molecule has 1 saturated heterocycles. The van der Waals surface area contributed by atoms with Crippen molar-refractivity contribution in [1.82, 2.24) is 4.98 Å². The van der Waals surface area contributed by atoms with Crippen molar-refractivity contribution in [3.05, 3.63) is 10.6 Å². The number of nitrogens with zero attached hydrogens (tertiary/aromatic N) is 2. The highest BCUT2D eigenvalue weighted by Gasteiger charge is 2.34. The molecule has 1 aliphatic heterocycles. The van der Waals surface area contributed by atoms with E-state index in [9.17, 15) is 5.11 Å². The van der Waals surface area contributed by atoms with Crippen molar-refractivity contribution >= 4 is 16.5 Å². The summed E-state index contributed by atoms with van der Waals surface area (Å²) in [6.45, 7) is 3.42.